The highest BCUT2D eigenvalue weighted by molar-refractivity contribution is 7.89. The summed E-state index contributed by atoms with van der Waals surface area (Å²) in [7, 11) is -3.86. The van der Waals surface area contributed by atoms with Crippen molar-refractivity contribution in [2.45, 2.75) is 17.9 Å². The van der Waals surface area contributed by atoms with E-state index in [0.29, 0.717) is 11.3 Å². The topological polar surface area (TPSA) is 102 Å². The Bertz CT molecular complexity index is 852. The van der Waals surface area contributed by atoms with Crippen molar-refractivity contribution in [3.05, 3.63) is 59.9 Å². The molecule has 0 amide bonds. The highest BCUT2D eigenvalue weighted by Crippen LogP contribution is 2.18. The van der Waals surface area contributed by atoms with Gasteiger partial charge in [0, 0.05) is 6.54 Å². The molecule has 2 aromatic rings. The van der Waals surface area contributed by atoms with Gasteiger partial charge in [-0.05, 0) is 48.9 Å². The summed E-state index contributed by atoms with van der Waals surface area (Å²) in [6, 6.07) is 10.6. The lowest BCUT2D eigenvalue weighted by molar-refractivity contribution is -0.145. The number of aliphatic hydroxyl groups is 1. The van der Waals surface area contributed by atoms with Crippen LogP contribution in [0.25, 0.3) is 0 Å². The molecule has 0 bridgehead atoms. The van der Waals surface area contributed by atoms with Crippen molar-refractivity contribution in [1.29, 1.82) is 0 Å². The van der Waals surface area contributed by atoms with Gasteiger partial charge >= 0.3 is 5.97 Å². The zero-order chi connectivity index (χ0) is 19.9. The van der Waals surface area contributed by atoms with E-state index in [0.717, 1.165) is 24.3 Å². The molecule has 0 radical (unpaired) electrons. The molecule has 2 N–H and O–H groups in total. The van der Waals surface area contributed by atoms with Crippen LogP contribution in [0.1, 0.15) is 18.6 Å². The molecule has 2 rings (SSSR count). The first-order valence-electron chi connectivity index (χ1n) is 8.13. The minimum absolute atomic E-state index is 0.0983. The second-order valence-electron chi connectivity index (χ2n) is 5.48. The highest BCUT2D eigenvalue weighted by Gasteiger charge is 2.17. The minimum Gasteiger partial charge on any atom is -0.482 e. The maximum atomic E-state index is 12.9. The van der Waals surface area contributed by atoms with E-state index < -0.39 is 27.9 Å². The van der Waals surface area contributed by atoms with E-state index in [1.165, 1.54) is 0 Å². The van der Waals surface area contributed by atoms with Gasteiger partial charge in [0.25, 0.3) is 0 Å². The maximum absolute atomic E-state index is 12.9. The monoisotopic (exact) mass is 397 g/mol. The molecule has 0 saturated heterocycles. The van der Waals surface area contributed by atoms with E-state index in [4.69, 9.17) is 9.47 Å². The van der Waals surface area contributed by atoms with Gasteiger partial charge in [-0.15, -0.1) is 0 Å². The predicted molar refractivity (Wildman–Crippen MR) is 95.1 cm³/mol. The number of sulfonamides is 1. The molecule has 1 atom stereocenters. The van der Waals surface area contributed by atoms with E-state index in [9.17, 15) is 22.7 Å². The normalized spacial score (nSPS) is 12.4. The molecule has 27 heavy (non-hydrogen) atoms. The zero-order valence-electron chi connectivity index (χ0n) is 14.6. The molecule has 0 fully saturated rings. The Kier molecular flexibility index (Phi) is 7.28. The molecule has 1 unspecified atom stereocenters. The third-order valence-corrected chi connectivity index (χ3v) is 4.96. The molecule has 0 saturated carbocycles. The van der Waals surface area contributed by atoms with Crippen LogP contribution in [0, 0.1) is 5.82 Å². The van der Waals surface area contributed by atoms with Crippen molar-refractivity contribution < 1.29 is 32.2 Å². The van der Waals surface area contributed by atoms with Crippen molar-refractivity contribution >= 4 is 16.0 Å². The maximum Gasteiger partial charge on any atom is 0.344 e. The summed E-state index contributed by atoms with van der Waals surface area (Å²) in [6.45, 7) is 1.47. The number of carbonyl (C=O) groups excluding carboxylic acids is 1. The number of aliphatic hydroxyl groups excluding tert-OH is 1. The average Bonchev–Trinajstić information content (AvgIpc) is 2.65. The second-order valence-corrected chi connectivity index (χ2v) is 7.25. The number of hydrogen-bond donors (Lipinski definition) is 2. The van der Waals surface area contributed by atoms with E-state index in [1.54, 1.807) is 31.2 Å². The number of halogens is 1. The number of benzene rings is 2. The van der Waals surface area contributed by atoms with Gasteiger partial charge in [-0.25, -0.2) is 22.3 Å². The quantitative estimate of drug-likeness (QED) is 0.626. The Hall–Kier alpha value is -2.49. The third kappa shape index (κ3) is 6.31. The molecule has 0 aliphatic heterocycles. The fourth-order valence-electron chi connectivity index (χ4n) is 2.13. The molecule has 0 aliphatic carbocycles. The summed E-state index contributed by atoms with van der Waals surface area (Å²) in [5, 5.41) is 10.2. The van der Waals surface area contributed by atoms with Gasteiger partial charge < -0.3 is 14.6 Å². The molecule has 146 valence electrons. The van der Waals surface area contributed by atoms with Gasteiger partial charge in [-0.3, -0.25) is 0 Å². The molecular formula is C18H20FNO6S. The second kappa shape index (κ2) is 9.45. The average molecular weight is 397 g/mol. The molecular weight excluding hydrogens is 377 g/mol. The fraction of sp³-hybridized carbons (Fsp3) is 0.278. The molecule has 0 aliphatic rings. The Labute approximate surface area is 156 Å². The summed E-state index contributed by atoms with van der Waals surface area (Å²) in [4.78, 5) is 11.1. The van der Waals surface area contributed by atoms with Crippen LogP contribution in [0.5, 0.6) is 5.75 Å². The van der Waals surface area contributed by atoms with Crippen LogP contribution in [0.2, 0.25) is 0 Å². The standard InChI is InChI=1S/C18H20FNO6S/c1-2-25-18(22)12-26-15-7-3-13(4-8-15)17(21)11-20-27(23,24)16-9-5-14(19)6-10-16/h3-10,17,20-21H,2,11-12H2,1H3. The van der Waals surface area contributed by atoms with Crippen LogP contribution in [0.4, 0.5) is 4.39 Å². The largest absolute Gasteiger partial charge is 0.482 e. The summed E-state index contributed by atoms with van der Waals surface area (Å²) in [5.74, 6) is -0.623. The Morgan fingerprint density at radius 1 is 1.15 bits per heavy atom. The molecule has 9 heteroatoms. The smallest absolute Gasteiger partial charge is 0.344 e. The number of nitrogens with one attached hydrogen (secondary N) is 1. The molecule has 0 aromatic heterocycles. The van der Waals surface area contributed by atoms with Gasteiger partial charge in [0.1, 0.15) is 11.6 Å². The Morgan fingerprint density at radius 3 is 2.37 bits per heavy atom. The Morgan fingerprint density at radius 2 is 1.78 bits per heavy atom. The summed E-state index contributed by atoms with van der Waals surface area (Å²) >= 11 is 0. The summed E-state index contributed by atoms with van der Waals surface area (Å²) < 4.78 is 49.4. The highest BCUT2D eigenvalue weighted by atomic mass is 32.2. The first-order chi connectivity index (χ1) is 12.8. The summed E-state index contributed by atoms with van der Waals surface area (Å²) in [5.41, 5.74) is 0.459. The SMILES string of the molecule is CCOC(=O)COc1ccc(C(O)CNS(=O)(=O)c2ccc(F)cc2)cc1. The van der Waals surface area contributed by atoms with Crippen molar-refractivity contribution in [2.24, 2.45) is 0 Å². The first-order valence-corrected chi connectivity index (χ1v) is 9.62. The van der Waals surface area contributed by atoms with Crippen molar-refractivity contribution in [3.63, 3.8) is 0 Å². The number of ether oxygens (including phenoxy) is 2. The molecule has 7 nitrogen and oxygen atoms in total. The zero-order valence-corrected chi connectivity index (χ0v) is 15.4. The van der Waals surface area contributed by atoms with Crippen molar-refractivity contribution in [1.82, 2.24) is 4.72 Å². The van der Waals surface area contributed by atoms with E-state index in [1.807, 2.05) is 0 Å². The van der Waals surface area contributed by atoms with Gasteiger partial charge in [-0.1, -0.05) is 12.1 Å². The van der Waals surface area contributed by atoms with E-state index >= 15 is 0 Å². The van der Waals surface area contributed by atoms with Crippen LogP contribution in [0.3, 0.4) is 0 Å². The van der Waals surface area contributed by atoms with Crippen LogP contribution in [0.15, 0.2) is 53.4 Å². The molecule has 0 spiro atoms. The number of esters is 1. The Balaban J connectivity index is 1.91. The molecule has 2 aromatic carbocycles. The number of rotatable bonds is 9. The van der Waals surface area contributed by atoms with Crippen molar-refractivity contribution in [2.75, 3.05) is 19.8 Å². The fourth-order valence-corrected chi connectivity index (χ4v) is 3.17. The van der Waals surface area contributed by atoms with Crippen LogP contribution in [-0.4, -0.2) is 39.3 Å². The lowest BCUT2D eigenvalue weighted by Crippen LogP contribution is -2.28. The van der Waals surface area contributed by atoms with Crippen LogP contribution in [-0.2, 0) is 19.6 Å². The number of carbonyl (C=O) groups is 1. The van der Waals surface area contributed by atoms with Gasteiger partial charge in [0.05, 0.1) is 17.6 Å². The third-order valence-electron chi connectivity index (χ3n) is 3.52. The molecule has 0 heterocycles. The minimum atomic E-state index is -3.86. The van der Waals surface area contributed by atoms with Gasteiger partial charge in [0.2, 0.25) is 10.0 Å². The van der Waals surface area contributed by atoms with Crippen molar-refractivity contribution in [3.8, 4) is 5.75 Å². The van der Waals surface area contributed by atoms with Gasteiger partial charge in [0.15, 0.2) is 6.61 Å². The number of hydrogen-bond acceptors (Lipinski definition) is 6. The van der Waals surface area contributed by atoms with E-state index in [2.05, 4.69) is 4.72 Å². The summed E-state index contributed by atoms with van der Waals surface area (Å²) in [6.07, 6.45) is -1.10. The van der Waals surface area contributed by atoms with E-state index in [-0.39, 0.29) is 24.7 Å². The van der Waals surface area contributed by atoms with Gasteiger partial charge in [-0.2, -0.15) is 0 Å². The lowest BCUT2D eigenvalue weighted by atomic mass is 10.1. The van der Waals surface area contributed by atoms with Crippen LogP contribution < -0.4 is 9.46 Å². The lowest BCUT2D eigenvalue weighted by Gasteiger charge is -2.13. The predicted octanol–water partition coefficient (Wildman–Crippen LogP) is 1.78. The first kappa shape index (κ1) is 20.8. The van der Waals surface area contributed by atoms with Crippen LogP contribution >= 0.6 is 0 Å².